The molecule has 0 saturated heterocycles. The van der Waals surface area contributed by atoms with Gasteiger partial charge in [0.15, 0.2) is 0 Å². The standard InChI is InChI=1S/C14H26N4/c1-7-9(3)11(5)16-14-10(4)13(15-6)17-12(8-2)18-14/h9,11H,7-8H2,1-6H3,(H2,15,16,17,18). The van der Waals surface area contributed by atoms with E-state index in [4.69, 9.17) is 0 Å². The topological polar surface area (TPSA) is 49.8 Å². The molecular weight excluding hydrogens is 224 g/mol. The lowest BCUT2D eigenvalue weighted by atomic mass is 10.0. The molecule has 0 amide bonds. The monoisotopic (exact) mass is 250 g/mol. The molecule has 0 aromatic carbocycles. The molecule has 0 saturated carbocycles. The Morgan fingerprint density at radius 2 is 1.72 bits per heavy atom. The number of nitrogens with one attached hydrogen (secondary N) is 2. The molecule has 2 unspecified atom stereocenters. The van der Waals surface area contributed by atoms with Crippen LogP contribution in [0.4, 0.5) is 11.6 Å². The van der Waals surface area contributed by atoms with E-state index < -0.39 is 0 Å². The van der Waals surface area contributed by atoms with Crippen LogP contribution in [0.15, 0.2) is 0 Å². The SMILES string of the molecule is CCc1nc(NC)c(C)c(NC(C)C(C)CC)n1. The van der Waals surface area contributed by atoms with Gasteiger partial charge in [0.05, 0.1) is 0 Å². The lowest BCUT2D eigenvalue weighted by molar-refractivity contribution is 0.493. The molecule has 18 heavy (non-hydrogen) atoms. The Kier molecular flexibility index (Phi) is 5.38. The fraction of sp³-hybridized carbons (Fsp3) is 0.714. The van der Waals surface area contributed by atoms with Crippen molar-refractivity contribution in [3.63, 3.8) is 0 Å². The van der Waals surface area contributed by atoms with Gasteiger partial charge in [0, 0.05) is 25.1 Å². The van der Waals surface area contributed by atoms with Gasteiger partial charge in [-0.2, -0.15) is 0 Å². The molecule has 0 aliphatic rings. The van der Waals surface area contributed by atoms with Crippen LogP contribution in [0.5, 0.6) is 0 Å². The van der Waals surface area contributed by atoms with Crippen LogP contribution < -0.4 is 10.6 Å². The zero-order chi connectivity index (χ0) is 13.7. The Bertz CT molecular complexity index is 390. The van der Waals surface area contributed by atoms with Crippen LogP contribution >= 0.6 is 0 Å². The summed E-state index contributed by atoms with van der Waals surface area (Å²) in [5.41, 5.74) is 1.09. The minimum Gasteiger partial charge on any atom is -0.373 e. The second kappa shape index (κ2) is 6.57. The molecule has 1 aromatic rings. The van der Waals surface area contributed by atoms with Gasteiger partial charge < -0.3 is 10.6 Å². The molecular formula is C14H26N4. The first-order valence-electron chi connectivity index (χ1n) is 6.85. The van der Waals surface area contributed by atoms with E-state index in [1.807, 2.05) is 7.05 Å². The van der Waals surface area contributed by atoms with Crippen molar-refractivity contribution in [2.24, 2.45) is 5.92 Å². The predicted molar refractivity (Wildman–Crippen MR) is 78.2 cm³/mol. The van der Waals surface area contributed by atoms with E-state index in [-0.39, 0.29) is 0 Å². The third-order valence-electron chi connectivity index (χ3n) is 3.61. The highest BCUT2D eigenvalue weighted by molar-refractivity contribution is 5.57. The first kappa shape index (κ1) is 14.7. The van der Waals surface area contributed by atoms with Crippen molar-refractivity contribution in [1.29, 1.82) is 0 Å². The van der Waals surface area contributed by atoms with Gasteiger partial charge in [0.25, 0.3) is 0 Å². The van der Waals surface area contributed by atoms with E-state index in [9.17, 15) is 0 Å². The molecule has 2 atom stereocenters. The van der Waals surface area contributed by atoms with Crippen molar-refractivity contribution in [2.75, 3.05) is 17.7 Å². The van der Waals surface area contributed by atoms with Crippen molar-refractivity contribution < 1.29 is 0 Å². The molecule has 0 spiro atoms. The van der Waals surface area contributed by atoms with Crippen molar-refractivity contribution in [2.45, 2.75) is 53.5 Å². The number of anilines is 2. The van der Waals surface area contributed by atoms with Crippen LogP contribution in [0.2, 0.25) is 0 Å². The summed E-state index contributed by atoms with van der Waals surface area (Å²) in [6.07, 6.45) is 2.01. The Labute approximate surface area is 111 Å². The fourth-order valence-corrected chi connectivity index (χ4v) is 1.82. The summed E-state index contributed by atoms with van der Waals surface area (Å²) in [7, 11) is 1.90. The Hall–Kier alpha value is -1.32. The molecule has 0 radical (unpaired) electrons. The summed E-state index contributed by atoms with van der Waals surface area (Å²) < 4.78 is 0. The van der Waals surface area contributed by atoms with Crippen LogP contribution in [-0.4, -0.2) is 23.1 Å². The van der Waals surface area contributed by atoms with E-state index in [1.54, 1.807) is 0 Å². The molecule has 0 bridgehead atoms. The van der Waals surface area contributed by atoms with Gasteiger partial charge in [-0.05, 0) is 19.8 Å². The summed E-state index contributed by atoms with van der Waals surface area (Å²) in [5.74, 6) is 3.38. The third-order valence-corrected chi connectivity index (χ3v) is 3.61. The number of aromatic nitrogens is 2. The third kappa shape index (κ3) is 3.34. The maximum Gasteiger partial charge on any atom is 0.134 e. The van der Waals surface area contributed by atoms with E-state index in [0.717, 1.165) is 35.9 Å². The average molecular weight is 250 g/mol. The molecule has 2 N–H and O–H groups in total. The van der Waals surface area contributed by atoms with Gasteiger partial charge in [0.2, 0.25) is 0 Å². The summed E-state index contributed by atoms with van der Waals surface area (Å²) in [6.45, 7) is 10.8. The summed E-state index contributed by atoms with van der Waals surface area (Å²) in [4.78, 5) is 9.07. The van der Waals surface area contributed by atoms with Crippen LogP contribution in [0.25, 0.3) is 0 Å². The predicted octanol–water partition coefficient (Wildman–Crippen LogP) is 3.24. The van der Waals surface area contributed by atoms with Gasteiger partial charge in [-0.1, -0.05) is 27.2 Å². The van der Waals surface area contributed by atoms with Crippen molar-refractivity contribution in [3.05, 3.63) is 11.4 Å². The molecule has 0 aliphatic carbocycles. The molecule has 0 fully saturated rings. The van der Waals surface area contributed by atoms with Gasteiger partial charge >= 0.3 is 0 Å². The van der Waals surface area contributed by atoms with Crippen molar-refractivity contribution in [3.8, 4) is 0 Å². The average Bonchev–Trinajstić information content (AvgIpc) is 2.39. The maximum absolute atomic E-state index is 4.59. The van der Waals surface area contributed by atoms with Gasteiger partial charge in [-0.15, -0.1) is 0 Å². The largest absolute Gasteiger partial charge is 0.373 e. The second-order valence-electron chi connectivity index (χ2n) is 4.88. The Morgan fingerprint density at radius 3 is 2.22 bits per heavy atom. The molecule has 1 aromatic heterocycles. The highest BCUT2D eigenvalue weighted by Crippen LogP contribution is 2.22. The van der Waals surface area contributed by atoms with Crippen LogP contribution in [0, 0.1) is 12.8 Å². The van der Waals surface area contributed by atoms with E-state index in [1.165, 1.54) is 0 Å². The summed E-state index contributed by atoms with van der Waals surface area (Å²) in [6, 6.07) is 0.415. The highest BCUT2D eigenvalue weighted by Gasteiger charge is 2.14. The van der Waals surface area contributed by atoms with Crippen molar-refractivity contribution >= 4 is 11.6 Å². The van der Waals surface area contributed by atoms with Gasteiger partial charge in [-0.25, -0.2) is 9.97 Å². The molecule has 1 rings (SSSR count). The quantitative estimate of drug-likeness (QED) is 0.814. The van der Waals surface area contributed by atoms with Gasteiger partial charge in [-0.3, -0.25) is 0 Å². The fourth-order valence-electron chi connectivity index (χ4n) is 1.82. The number of hydrogen-bond donors (Lipinski definition) is 2. The molecule has 0 aliphatic heterocycles. The van der Waals surface area contributed by atoms with Crippen LogP contribution in [0.1, 0.15) is 45.5 Å². The van der Waals surface area contributed by atoms with Crippen molar-refractivity contribution in [1.82, 2.24) is 9.97 Å². The number of rotatable bonds is 6. The van der Waals surface area contributed by atoms with E-state index >= 15 is 0 Å². The number of hydrogen-bond acceptors (Lipinski definition) is 4. The summed E-state index contributed by atoms with van der Waals surface area (Å²) >= 11 is 0. The first-order valence-corrected chi connectivity index (χ1v) is 6.85. The summed E-state index contributed by atoms with van der Waals surface area (Å²) in [5, 5.41) is 6.65. The Morgan fingerprint density at radius 1 is 1.11 bits per heavy atom. The number of nitrogens with zero attached hydrogens (tertiary/aromatic N) is 2. The minimum absolute atomic E-state index is 0.415. The lowest BCUT2D eigenvalue weighted by Crippen LogP contribution is -2.25. The highest BCUT2D eigenvalue weighted by atomic mass is 15.1. The maximum atomic E-state index is 4.59. The number of aryl methyl sites for hydroxylation is 1. The minimum atomic E-state index is 0.415. The zero-order valence-electron chi connectivity index (χ0n) is 12.5. The first-order chi connectivity index (χ1) is 8.53. The van der Waals surface area contributed by atoms with Gasteiger partial charge in [0.1, 0.15) is 17.5 Å². The van der Waals surface area contributed by atoms with Crippen LogP contribution in [-0.2, 0) is 6.42 Å². The smallest absolute Gasteiger partial charge is 0.134 e. The molecule has 4 heteroatoms. The Balaban J connectivity index is 3.00. The molecule has 1 heterocycles. The molecule has 4 nitrogen and oxygen atoms in total. The lowest BCUT2D eigenvalue weighted by Gasteiger charge is -2.22. The van der Waals surface area contributed by atoms with Crippen LogP contribution in [0.3, 0.4) is 0 Å². The normalized spacial score (nSPS) is 14.1. The second-order valence-corrected chi connectivity index (χ2v) is 4.88. The van der Waals surface area contributed by atoms with E-state index in [0.29, 0.717) is 12.0 Å². The van der Waals surface area contributed by atoms with E-state index in [2.05, 4.69) is 55.2 Å². The zero-order valence-corrected chi connectivity index (χ0v) is 12.5. The molecule has 102 valence electrons.